The molecule has 0 heterocycles. The normalized spacial score (nSPS) is 10.0. The first kappa shape index (κ1) is 15.3. The van der Waals surface area contributed by atoms with Gasteiger partial charge in [0.2, 0.25) is 5.91 Å². The van der Waals surface area contributed by atoms with Gasteiger partial charge < -0.3 is 20.1 Å². The van der Waals surface area contributed by atoms with Crippen molar-refractivity contribution in [1.29, 1.82) is 0 Å². The van der Waals surface area contributed by atoms with Crippen molar-refractivity contribution in [2.45, 2.75) is 13.3 Å². The molecule has 1 aromatic carbocycles. The molecule has 0 radical (unpaired) electrons. The minimum absolute atomic E-state index is 0.0124. The van der Waals surface area contributed by atoms with Crippen LogP contribution in [0.3, 0.4) is 0 Å². The number of rotatable bonds is 9. The van der Waals surface area contributed by atoms with Gasteiger partial charge in [0.25, 0.3) is 0 Å². The van der Waals surface area contributed by atoms with Gasteiger partial charge in [0.15, 0.2) is 0 Å². The molecule has 106 valence electrons. The summed E-state index contributed by atoms with van der Waals surface area (Å²) < 4.78 is 10.4. The molecule has 0 aliphatic heterocycles. The van der Waals surface area contributed by atoms with E-state index in [1.54, 1.807) is 7.11 Å². The van der Waals surface area contributed by atoms with Crippen molar-refractivity contribution in [2.75, 3.05) is 38.7 Å². The Bertz CT molecular complexity index is 383. The van der Waals surface area contributed by atoms with Crippen molar-refractivity contribution in [2.24, 2.45) is 0 Å². The van der Waals surface area contributed by atoms with Crippen molar-refractivity contribution in [1.82, 2.24) is 5.32 Å². The van der Waals surface area contributed by atoms with Crippen molar-refractivity contribution in [3.8, 4) is 5.75 Å². The molecule has 0 unspecified atom stereocenters. The largest absolute Gasteiger partial charge is 0.492 e. The van der Waals surface area contributed by atoms with E-state index < -0.39 is 0 Å². The zero-order chi connectivity index (χ0) is 13.9. The van der Waals surface area contributed by atoms with E-state index in [0.717, 1.165) is 11.4 Å². The summed E-state index contributed by atoms with van der Waals surface area (Å²) in [6, 6.07) is 7.70. The lowest BCUT2D eigenvalue weighted by Gasteiger charge is -2.12. The molecule has 0 atom stereocenters. The standard InChI is InChI=1S/C14H22N2O3/c1-3-19-13-7-5-4-6-12(13)15-9-8-14(17)16-10-11-18-2/h4-7,15H,3,8-11H2,1-2H3,(H,16,17). The highest BCUT2D eigenvalue weighted by Crippen LogP contribution is 2.23. The number of hydrogen-bond acceptors (Lipinski definition) is 4. The molecule has 19 heavy (non-hydrogen) atoms. The number of benzene rings is 1. The summed E-state index contributed by atoms with van der Waals surface area (Å²) in [7, 11) is 1.61. The minimum atomic E-state index is 0.0124. The first-order valence-corrected chi connectivity index (χ1v) is 6.49. The quantitative estimate of drug-likeness (QED) is 0.667. The van der Waals surface area contributed by atoms with Crippen molar-refractivity contribution in [3.05, 3.63) is 24.3 Å². The van der Waals surface area contributed by atoms with Crippen LogP contribution in [-0.4, -0.2) is 39.3 Å². The van der Waals surface area contributed by atoms with E-state index in [-0.39, 0.29) is 5.91 Å². The third-order valence-electron chi connectivity index (χ3n) is 2.48. The lowest BCUT2D eigenvalue weighted by molar-refractivity contribution is -0.121. The molecule has 0 aromatic heterocycles. The predicted octanol–water partition coefficient (Wildman–Crippen LogP) is 1.65. The highest BCUT2D eigenvalue weighted by Gasteiger charge is 2.03. The third-order valence-corrected chi connectivity index (χ3v) is 2.48. The van der Waals surface area contributed by atoms with Crippen LogP contribution < -0.4 is 15.4 Å². The molecule has 5 heteroatoms. The maximum Gasteiger partial charge on any atom is 0.221 e. The Morgan fingerprint density at radius 3 is 2.79 bits per heavy atom. The number of para-hydroxylation sites is 2. The van der Waals surface area contributed by atoms with Gasteiger partial charge in [0.05, 0.1) is 18.9 Å². The van der Waals surface area contributed by atoms with Gasteiger partial charge in [-0.1, -0.05) is 12.1 Å². The average Bonchev–Trinajstić information content (AvgIpc) is 2.41. The molecule has 0 aliphatic carbocycles. The predicted molar refractivity (Wildman–Crippen MR) is 75.6 cm³/mol. The van der Waals surface area contributed by atoms with Gasteiger partial charge >= 0.3 is 0 Å². The van der Waals surface area contributed by atoms with E-state index in [1.165, 1.54) is 0 Å². The van der Waals surface area contributed by atoms with Crippen LogP contribution in [0, 0.1) is 0 Å². The number of amides is 1. The summed E-state index contributed by atoms with van der Waals surface area (Å²) in [5, 5.41) is 5.98. The molecular formula is C14H22N2O3. The molecule has 0 saturated heterocycles. The molecule has 0 spiro atoms. The van der Waals surface area contributed by atoms with E-state index in [0.29, 0.717) is 32.7 Å². The van der Waals surface area contributed by atoms with Gasteiger partial charge in [-0.05, 0) is 19.1 Å². The maximum atomic E-state index is 11.5. The lowest BCUT2D eigenvalue weighted by atomic mass is 10.3. The lowest BCUT2D eigenvalue weighted by Crippen LogP contribution is -2.28. The summed E-state index contributed by atoms with van der Waals surface area (Å²) >= 11 is 0. The van der Waals surface area contributed by atoms with Crippen LogP contribution in [0.25, 0.3) is 0 Å². The third kappa shape index (κ3) is 6.10. The SMILES string of the molecule is CCOc1ccccc1NCCC(=O)NCCOC. The van der Waals surface area contributed by atoms with Crippen LogP contribution in [0.4, 0.5) is 5.69 Å². The molecule has 1 rings (SSSR count). The fraction of sp³-hybridized carbons (Fsp3) is 0.500. The molecule has 0 saturated carbocycles. The van der Waals surface area contributed by atoms with Gasteiger partial charge in [-0.25, -0.2) is 0 Å². The van der Waals surface area contributed by atoms with Gasteiger partial charge in [-0.3, -0.25) is 4.79 Å². The number of carbonyl (C=O) groups excluding carboxylic acids is 1. The molecule has 1 aromatic rings. The van der Waals surface area contributed by atoms with Gasteiger partial charge in [0.1, 0.15) is 5.75 Å². The van der Waals surface area contributed by atoms with Gasteiger partial charge in [-0.2, -0.15) is 0 Å². The van der Waals surface area contributed by atoms with E-state index >= 15 is 0 Å². The highest BCUT2D eigenvalue weighted by atomic mass is 16.5. The van der Waals surface area contributed by atoms with Crippen LogP contribution in [0.1, 0.15) is 13.3 Å². The Morgan fingerprint density at radius 2 is 2.05 bits per heavy atom. The number of anilines is 1. The molecule has 5 nitrogen and oxygen atoms in total. The number of ether oxygens (including phenoxy) is 2. The topological polar surface area (TPSA) is 59.6 Å². The summed E-state index contributed by atoms with van der Waals surface area (Å²) in [5.74, 6) is 0.822. The second kappa shape index (κ2) is 9.22. The number of methoxy groups -OCH3 is 1. The second-order valence-electron chi connectivity index (χ2n) is 3.95. The van der Waals surface area contributed by atoms with E-state index in [4.69, 9.17) is 9.47 Å². The van der Waals surface area contributed by atoms with E-state index in [1.807, 2.05) is 31.2 Å². The number of nitrogens with one attached hydrogen (secondary N) is 2. The van der Waals surface area contributed by atoms with Crippen LogP contribution in [0.5, 0.6) is 5.75 Å². The minimum Gasteiger partial charge on any atom is -0.492 e. The first-order valence-electron chi connectivity index (χ1n) is 6.49. The summed E-state index contributed by atoms with van der Waals surface area (Å²) in [5.41, 5.74) is 0.911. The summed E-state index contributed by atoms with van der Waals surface area (Å²) in [6.45, 7) is 4.22. The maximum absolute atomic E-state index is 11.5. The summed E-state index contributed by atoms with van der Waals surface area (Å²) in [4.78, 5) is 11.5. The molecule has 0 bridgehead atoms. The molecule has 2 N–H and O–H groups in total. The van der Waals surface area contributed by atoms with Gasteiger partial charge in [-0.15, -0.1) is 0 Å². The Labute approximate surface area is 114 Å². The van der Waals surface area contributed by atoms with E-state index in [9.17, 15) is 4.79 Å². The average molecular weight is 266 g/mol. The van der Waals surface area contributed by atoms with Crippen LogP contribution in [-0.2, 0) is 9.53 Å². The monoisotopic (exact) mass is 266 g/mol. The molecular weight excluding hydrogens is 244 g/mol. The number of hydrogen-bond donors (Lipinski definition) is 2. The van der Waals surface area contributed by atoms with Crippen LogP contribution in [0.15, 0.2) is 24.3 Å². The van der Waals surface area contributed by atoms with Gasteiger partial charge in [0, 0.05) is 26.6 Å². The summed E-state index contributed by atoms with van der Waals surface area (Å²) in [6.07, 6.45) is 0.421. The molecule has 1 amide bonds. The first-order chi connectivity index (χ1) is 9.27. The zero-order valence-corrected chi connectivity index (χ0v) is 11.6. The zero-order valence-electron chi connectivity index (χ0n) is 11.6. The number of carbonyl (C=O) groups is 1. The van der Waals surface area contributed by atoms with Crippen molar-refractivity contribution >= 4 is 11.6 Å². The Morgan fingerprint density at radius 1 is 1.26 bits per heavy atom. The Hall–Kier alpha value is -1.75. The highest BCUT2D eigenvalue weighted by molar-refractivity contribution is 5.76. The van der Waals surface area contributed by atoms with Crippen LogP contribution in [0.2, 0.25) is 0 Å². The van der Waals surface area contributed by atoms with Crippen molar-refractivity contribution in [3.63, 3.8) is 0 Å². The molecule has 0 fully saturated rings. The fourth-order valence-electron chi connectivity index (χ4n) is 1.59. The Balaban J connectivity index is 2.30. The van der Waals surface area contributed by atoms with E-state index in [2.05, 4.69) is 10.6 Å². The van der Waals surface area contributed by atoms with Crippen molar-refractivity contribution < 1.29 is 14.3 Å². The fourth-order valence-corrected chi connectivity index (χ4v) is 1.59. The second-order valence-corrected chi connectivity index (χ2v) is 3.95. The molecule has 0 aliphatic rings. The van der Waals surface area contributed by atoms with Crippen LogP contribution >= 0.6 is 0 Å². The Kier molecular flexibility index (Phi) is 7.43. The smallest absolute Gasteiger partial charge is 0.221 e.